The highest BCUT2D eigenvalue weighted by Gasteiger charge is 2.21. The highest BCUT2D eigenvalue weighted by atomic mass is 16.6. The first-order valence-corrected chi connectivity index (χ1v) is 8.59. The van der Waals surface area contributed by atoms with E-state index < -0.39 is 5.60 Å². The lowest BCUT2D eigenvalue weighted by Crippen LogP contribution is -2.34. The number of fused-ring (bicyclic) bond motifs is 1. The van der Waals surface area contributed by atoms with Gasteiger partial charge in [-0.05, 0) is 64.8 Å². The summed E-state index contributed by atoms with van der Waals surface area (Å²) in [6, 6.07) is 7.70. The first-order valence-electron chi connectivity index (χ1n) is 8.59. The SMILES string of the molecule is CC(Oc1ccc2c(ccn2C(=O)OC(C)(C)C)c1)N1CCCC1. The molecule has 0 N–H and O–H groups in total. The Labute approximate surface area is 143 Å². The van der Waals surface area contributed by atoms with Gasteiger partial charge in [0.1, 0.15) is 17.6 Å². The third kappa shape index (κ3) is 3.73. The Balaban J connectivity index is 1.76. The number of hydrogen-bond donors (Lipinski definition) is 0. The molecule has 0 radical (unpaired) electrons. The second kappa shape index (κ2) is 6.48. The van der Waals surface area contributed by atoms with Crippen LogP contribution >= 0.6 is 0 Å². The van der Waals surface area contributed by atoms with E-state index in [1.165, 1.54) is 17.4 Å². The fraction of sp³-hybridized carbons (Fsp3) is 0.526. The van der Waals surface area contributed by atoms with Gasteiger partial charge in [-0.1, -0.05) is 0 Å². The summed E-state index contributed by atoms with van der Waals surface area (Å²) in [6.07, 6.45) is 3.93. The van der Waals surface area contributed by atoms with E-state index >= 15 is 0 Å². The summed E-state index contributed by atoms with van der Waals surface area (Å²) >= 11 is 0. The van der Waals surface area contributed by atoms with Crippen molar-refractivity contribution >= 4 is 17.0 Å². The maximum Gasteiger partial charge on any atom is 0.418 e. The molecule has 5 nitrogen and oxygen atoms in total. The average Bonchev–Trinajstić information content (AvgIpc) is 3.14. The third-order valence-electron chi connectivity index (χ3n) is 4.21. The van der Waals surface area contributed by atoms with Gasteiger partial charge in [-0.15, -0.1) is 0 Å². The van der Waals surface area contributed by atoms with Crippen molar-refractivity contribution in [2.75, 3.05) is 13.1 Å². The number of benzene rings is 1. The van der Waals surface area contributed by atoms with E-state index in [1.807, 2.05) is 45.0 Å². The predicted octanol–water partition coefficient (Wildman–Crippen LogP) is 4.25. The van der Waals surface area contributed by atoms with Crippen molar-refractivity contribution in [3.63, 3.8) is 0 Å². The van der Waals surface area contributed by atoms with Crippen LogP contribution in [0.25, 0.3) is 10.9 Å². The molecule has 130 valence electrons. The monoisotopic (exact) mass is 330 g/mol. The van der Waals surface area contributed by atoms with Gasteiger partial charge in [-0.3, -0.25) is 9.47 Å². The molecule has 1 aromatic heterocycles. The molecule has 3 rings (SSSR count). The van der Waals surface area contributed by atoms with Crippen LogP contribution in [0.1, 0.15) is 40.5 Å². The lowest BCUT2D eigenvalue weighted by Gasteiger charge is -2.24. The predicted molar refractivity (Wildman–Crippen MR) is 94.5 cm³/mol. The Morgan fingerprint density at radius 1 is 1.17 bits per heavy atom. The molecule has 1 aliphatic heterocycles. The van der Waals surface area contributed by atoms with Crippen LogP contribution in [0.4, 0.5) is 4.79 Å². The highest BCUT2D eigenvalue weighted by molar-refractivity contribution is 5.90. The van der Waals surface area contributed by atoms with Gasteiger partial charge < -0.3 is 9.47 Å². The van der Waals surface area contributed by atoms with Crippen LogP contribution in [-0.2, 0) is 4.74 Å². The molecule has 1 aliphatic rings. The zero-order chi connectivity index (χ0) is 17.3. The fourth-order valence-corrected chi connectivity index (χ4v) is 3.04. The highest BCUT2D eigenvalue weighted by Crippen LogP contribution is 2.25. The summed E-state index contributed by atoms with van der Waals surface area (Å²) in [4.78, 5) is 14.6. The topological polar surface area (TPSA) is 43.7 Å². The summed E-state index contributed by atoms with van der Waals surface area (Å²) in [6.45, 7) is 9.87. The van der Waals surface area contributed by atoms with Crippen LogP contribution in [0.2, 0.25) is 0 Å². The van der Waals surface area contributed by atoms with E-state index in [0.717, 1.165) is 29.7 Å². The molecule has 0 amide bonds. The second-order valence-electron chi connectivity index (χ2n) is 7.35. The van der Waals surface area contributed by atoms with E-state index in [1.54, 1.807) is 6.20 Å². The number of ether oxygens (including phenoxy) is 2. The van der Waals surface area contributed by atoms with Crippen LogP contribution in [0, 0.1) is 0 Å². The molecule has 1 unspecified atom stereocenters. The van der Waals surface area contributed by atoms with E-state index in [2.05, 4.69) is 11.8 Å². The number of rotatable bonds is 3. The van der Waals surface area contributed by atoms with Gasteiger partial charge in [-0.2, -0.15) is 0 Å². The largest absolute Gasteiger partial charge is 0.475 e. The molecule has 0 saturated carbocycles. The quantitative estimate of drug-likeness (QED) is 0.844. The van der Waals surface area contributed by atoms with Crippen LogP contribution in [0.5, 0.6) is 5.75 Å². The summed E-state index contributed by atoms with van der Waals surface area (Å²) in [5.41, 5.74) is 0.312. The fourth-order valence-electron chi connectivity index (χ4n) is 3.04. The summed E-state index contributed by atoms with van der Waals surface area (Å²) in [7, 11) is 0. The van der Waals surface area contributed by atoms with Crippen molar-refractivity contribution in [2.24, 2.45) is 0 Å². The smallest absolute Gasteiger partial charge is 0.418 e. The Morgan fingerprint density at radius 2 is 1.88 bits per heavy atom. The van der Waals surface area contributed by atoms with Gasteiger partial charge in [0.05, 0.1) is 5.52 Å². The first kappa shape index (κ1) is 16.8. The molecule has 2 heterocycles. The normalized spacial score (nSPS) is 17.2. The van der Waals surface area contributed by atoms with Crippen LogP contribution in [0.3, 0.4) is 0 Å². The van der Waals surface area contributed by atoms with E-state index in [9.17, 15) is 4.79 Å². The van der Waals surface area contributed by atoms with E-state index in [4.69, 9.17) is 9.47 Å². The number of nitrogens with zero attached hydrogens (tertiary/aromatic N) is 2. The lowest BCUT2D eigenvalue weighted by atomic mass is 10.2. The Hall–Kier alpha value is -2.01. The molecule has 1 aromatic carbocycles. The van der Waals surface area contributed by atoms with Gasteiger partial charge >= 0.3 is 6.09 Å². The van der Waals surface area contributed by atoms with Gasteiger partial charge in [0.2, 0.25) is 0 Å². The number of hydrogen-bond acceptors (Lipinski definition) is 4. The first-order chi connectivity index (χ1) is 11.3. The zero-order valence-corrected chi connectivity index (χ0v) is 14.9. The van der Waals surface area contributed by atoms with E-state index in [0.29, 0.717) is 0 Å². The van der Waals surface area contributed by atoms with Crippen molar-refractivity contribution in [1.29, 1.82) is 0 Å². The average molecular weight is 330 g/mol. The summed E-state index contributed by atoms with van der Waals surface area (Å²) in [5, 5.41) is 0.965. The van der Waals surface area contributed by atoms with Gasteiger partial charge in [0.15, 0.2) is 0 Å². The lowest BCUT2D eigenvalue weighted by molar-refractivity contribution is 0.0543. The van der Waals surface area contributed by atoms with Crippen LogP contribution < -0.4 is 4.74 Å². The molecular formula is C19H26N2O3. The third-order valence-corrected chi connectivity index (χ3v) is 4.21. The molecular weight excluding hydrogens is 304 g/mol. The minimum atomic E-state index is -0.512. The molecule has 1 saturated heterocycles. The number of carbonyl (C=O) groups excluding carboxylic acids is 1. The minimum absolute atomic E-state index is 0.0675. The molecule has 0 spiro atoms. The standard InChI is InChI=1S/C19H26N2O3/c1-14(20-10-5-6-11-20)23-16-7-8-17-15(13-16)9-12-21(17)18(22)24-19(2,3)4/h7-9,12-14H,5-6,10-11H2,1-4H3. The van der Waals surface area contributed by atoms with Gasteiger partial charge in [-0.25, -0.2) is 4.79 Å². The molecule has 2 aromatic rings. The van der Waals surface area contributed by atoms with Crippen molar-refractivity contribution < 1.29 is 14.3 Å². The Kier molecular flexibility index (Phi) is 4.54. The summed E-state index contributed by atoms with van der Waals surface area (Å²) in [5.74, 6) is 0.823. The van der Waals surface area contributed by atoms with Gasteiger partial charge in [0.25, 0.3) is 0 Å². The molecule has 24 heavy (non-hydrogen) atoms. The van der Waals surface area contributed by atoms with Crippen molar-refractivity contribution in [2.45, 2.75) is 52.4 Å². The van der Waals surface area contributed by atoms with Crippen molar-refractivity contribution in [3.8, 4) is 5.75 Å². The van der Waals surface area contributed by atoms with Crippen molar-refractivity contribution in [3.05, 3.63) is 30.5 Å². The molecule has 0 aliphatic carbocycles. The molecule has 1 atom stereocenters. The van der Waals surface area contributed by atoms with Crippen LogP contribution in [-0.4, -0.2) is 40.5 Å². The number of carbonyl (C=O) groups is 1. The summed E-state index contributed by atoms with van der Waals surface area (Å²) < 4.78 is 13.0. The maximum atomic E-state index is 12.3. The number of likely N-dealkylation sites (tertiary alicyclic amines) is 1. The number of aromatic nitrogens is 1. The Bertz CT molecular complexity index is 724. The van der Waals surface area contributed by atoms with Gasteiger partial charge in [0, 0.05) is 24.7 Å². The molecule has 0 bridgehead atoms. The molecule has 5 heteroatoms. The van der Waals surface area contributed by atoms with E-state index in [-0.39, 0.29) is 12.3 Å². The van der Waals surface area contributed by atoms with Crippen LogP contribution in [0.15, 0.2) is 30.5 Å². The van der Waals surface area contributed by atoms with Crippen molar-refractivity contribution in [1.82, 2.24) is 9.47 Å². The second-order valence-corrected chi connectivity index (χ2v) is 7.35. The minimum Gasteiger partial charge on any atom is -0.475 e. The maximum absolute atomic E-state index is 12.3. The molecule has 1 fully saturated rings. The zero-order valence-electron chi connectivity index (χ0n) is 14.9. The Morgan fingerprint density at radius 3 is 2.54 bits per heavy atom.